The molecular weight excluding hydrogens is 264 g/mol. The van der Waals surface area contributed by atoms with Crippen molar-refractivity contribution in [2.45, 2.75) is 19.8 Å². The molecule has 4 heteroatoms. The second kappa shape index (κ2) is 5.20. The number of carbonyl (C=O) groups excluding carboxylic acids is 1. The van der Waals surface area contributed by atoms with Gasteiger partial charge >= 0.3 is 0 Å². The fraction of sp³-hybridized carbons (Fsp3) is 0.294. The molecule has 0 radical (unpaired) electrons. The lowest BCUT2D eigenvalue weighted by Gasteiger charge is -2.10. The molecule has 1 atom stereocenters. The molecule has 0 aliphatic heterocycles. The second-order valence-corrected chi connectivity index (χ2v) is 5.73. The highest BCUT2D eigenvalue weighted by Gasteiger charge is 2.24. The highest BCUT2D eigenvalue weighted by molar-refractivity contribution is 6.04. The number of fused-ring (bicyclic) bond motifs is 1. The Kier molecular flexibility index (Phi) is 3.37. The first-order valence-electron chi connectivity index (χ1n) is 7.14. The van der Waals surface area contributed by atoms with Gasteiger partial charge in [0.2, 0.25) is 0 Å². The number of anilines is 1. The minimum absolute atomic E-state index is 0.217. The van der Waals surface area contributed by atoms with Crippen molar-refractivity contribution in [3.63, 3.8) is 0 Å². The zero-order valence-electron chi connectivity index (χ0n) is 12.2. The molecule has 0 unspecified atom stereocenters. The summed E-state index contributed by atoms with van der Waals surface area (Å²) in [7, 11) is 1.75. The average Bonchev–Trinajstić information content (AvgIpc) is 2.85. The van der Waals surface area contributed by atoms with Gasteiger partial charge in [0.1, 0.15) is 5.56 Å². The number of benzene rings is 1. The van der Waals surface area contributed by atoms with E-state index in [9.17, 15) is 9.59 Å². The first kappa shape index (κ1) is 13.6. The van der Waals surface area contributed by atoms with Crippen LogP contribution in [0.4, 0.5) is 5.69 Å². The molecule has 1 heterocycles. The summed E-state index contributed by atoms with van der Waals surface area (Å²) >= 11 is 0. The van der Waals surface area contributed by atoms with E-state index in [1.165, 1.54) is 0 Å². The number of aromatic nitrogens is 1. The highest BCUT2D eigenvalue weighted by Crippen LogP contribution is 2.25. The van der Waals surface area contributed by atoms with E-state index in [0.717, 1.165) is 24.1 Å². The van der Waals surface area contributed by atoms with Gasteiger partial charge in [0, 0.05) is 18.4 Å². The first-order valence-corrected chi connectivity index (χ1v) is 7.14. The topological polar surface area (TPSA) is 51.1 Å². The number of nitrogens with zero attached hydrogens (tertiary/aromatic N) is 1. The summed E-state index contributed by atoms with van der Waals surface area (Å²) in [5.41, 5.74) is 2.86. The predicted octanol–water partition coefficient (Wildman–Crippen LogP) is 2.37. The molecule has 2 aromatic rings. The Morgan fingerprint density at radius 1 is 1.24 bits per heavy atom. The largest absolute Gasteiger partial charge is 0.322 e. The molecule has 1 N–H and O–H groups in total. The van der Waals surface area contributed by atoms with E-state index >= 15 is 0 Å². The number of hydrogen-bond donors (Lipinski definition) is 1. The lowest BCUT2D eigenvalue weighted by atomic mass is 10.1. The van der Waals surface area contributed by atoms with Gasteiger partial charge in [0.25, 0.3) is 11.5 Å². The van der Waals surface area contributed by atoms with Crippen molar-refractivity contribution in [2.24, 2.45) is 13.0 Å². The fourth-order valence-electron chi connectivity index (χ4n) is 2.94. The summed E-state index contributed by atoms with van der Waals surface area (Å²) in [6.45, 7) is 2.16. The van der Waals surface area contributed by atoms with E-state index in [4.69, 9.17) is 0 Å². The number of nitrogens with one attached hydrogen (secondary N) is 1. The van der Waals surface area contributed by atoms with Crippen molar-refractivity contribution < 1.29 is 4.79 Å². The number of rotatable bonds is 2. The average molecular weight is 282 g/mol. The van der Waals surface area contributed by atoms with Crippen LogP contribution >= 0.6 is 0 Å². The van der Waals surface area contributed by atoms with Crippen LogP contribution in [0.2, 0.25) is 0 Å². The molecule has 3 rings (SSSR count). The molecule has 0 saturated carbocycles. The summed E-state index contributed by atoms with van der Waals surface area (Å²) in [6.07, 6.45) is 1.83. The predicted molar refractivity (Wildman–Crippen MR) is 82.7 cm³/mol. The minimum Gasteiger partial charge on any atom is -0.322 e. The number of carbonyl (C=O) groups is 1. The van der Waals surface area contributed by atoms with Gasteiger partial charge in [-0.05, 0) is 42.5 Å². The lowest BCUT2D eigenvalue weighted by Crippen LogP contribution is -2.29. The van der Waals surface area contributed by atoms with Gasteiger partial charge in [0.05, 0.1) is 0 Å². The first-order chi connectivity index (χ1) is 10.1. The zero-order valence-corrected chi connectivity index (χ0v) is 12.2. The maximum Gasteiger partial charge on any atom is 0.263 e. The molecule has 1 aliphatic carbocycles. The van der Waals surface area contributed by atoms with Gasteiger partial charge in [-0.3, -0.25) is 9.59 Å². The second-order valence-electron chi connectivity index (χ2n) is 5.73. The Labute approximate surface area is 123 Å². The molecule has 1 amide bonds. The van der Waals surface area contributed by atoms with Gasteiger partial charge in [-0.2, -0.15) is 0 Å². The molecule has 0 fully saturated rings. The van der Waals surface area contributed by atoms with Crippen LogP contribution in [-0.4, -0.2) is 10.5 Å². The summed E-state index contributed by atoms with van der Waals surface area (Å²) < 4.78 is 1.62. The van der Waals surface area contributed by atoms with Crippen LogP contribution in [0, 0.1) is 5.92 Å². The van der Waals surface area contributed by atoms with E-state index in [-0.39, 0.29) is 17.0 Å². The quantitative estimate of drug-likeness (QED) is 0.919. The number of para-hydroxylation sites is 1. The highest BCUT2D eigenvalue weighted by atomic mass is 16.2. The van der Waals surface area contributed by atoms with Crippen molar-refractivity contribution in [3.05, 3.63) is 63.6 Å². The normalized spacial score (nSPS) is 16.6. The molecule has 0 spiro atoms. The summed E-state index contributed by atoms with van der Waals surface area (Å²) in [5, 5.41) is 2.78. The molecule has 1 aliphatic rings. The van der Waals surface area contributed by atoms with Gasteiger partial charge in [-0.1, -0.05) is 25.1 Å². The van der Waals surface area contributed by atoms with E-state index in [0.29, 0.717) is 11.6 Å². The third-order valence-corrected chi connectivity index (χ3v) is 4.02. The smallest absolute Gasteiger partial charge is 0.263 e. The molecule has 0 bridgehead atoms. The van der Waals surface area contributed by atoms with Crippen molar-refractivity contribution in [2.75, 3.05) is 5.32 Å². The van der Waals surface area contributed by atoms with Crippen molar-refractivity contribution in [1.29, 1.82) is 0 Å². The number of pyridine rings is 1. The van der Waals surface area contributed by atoms with Crippen LogP contribution < -0.4 is 10.9 Å². The van der Waals surface area contributed by atoms with Crippen molar-refractivity contribution in [1.82, 2.24) is 4.57 Å². The van der Waals surface area contributed by atoms with Crippen LogP contribution in [0.1, 0.15) is 28.5 Å². The third kappa shape index (κ3) is 2.49. The summed E-state index contributed by atoms with van der Waals surface area (Å²) in [5.74, 6) is 0.183. The number of hydrogen-bond acceptors (Lipinski definition) is 2. The van der Waals surface area contributed by atoms with Gasteiger partial charge in [-0.15, -0.1) is 0 Å². The molecule has 1 aromatic carbocycles. The maximum absolute atomic E-state index is 12.4. The Bertz CT molecular complexity index is 747. The van der Waals surface area contributed by atoms with E-state index in [2.05, 4.69) is 12.2 Å². The van der Waals surface area contributed by atoms with Crippen molar-refractivity contribution >= 4 is 11.6 Å². The minimum atomic E-state index is -0.343. The van der Waals surface area contributed by atoms with E-state index in [1.807, 2.05) is 18.2 Å². The Morgan fingerprint density at radius 2 is 1.95 bits per heavy atom. The van der Waals surface area contributed by atoms with Crippen LogP contribution in [0.15, 0.2) is 41.2 Å². The zero-order chi connectivity index (χ0) is 15.0. The lowest BCUT2D eigenvalue weighted by molar-refractivity contribution is 0.102. The molecule has 1 aromatic heterocycles. The molecule has 108 valence electrons. The molecule has 21 heavy (non-hydrogen) atoms. The summed E-state index contributed by atoms with van der Waals surface area (Å²) in [4.78, 5) is 24.7. The third-order valence-electron chi connectivity index (χ3n) is 4.02. The SMILES string of the molecule is C[C@@H]1Cc2cc(C(=O)Nc3ccccc3)c(=O)n(C)c2C1. The maximum atomic E-state index is 12.4. The molecular formula is C17H18N2O2. The fourth-order valence-corrected chi connectivity index (χ4v) is 2.94. The van der Waals surface area contributed by atoms with Gasteiger partial charge in [-0.25, -0.2) is 0 Å². The Hall–Kier alpha value is -2.36. The van der Waals surface area contributed by atoms with Gasteiger partial charge < -0.3 is 9.88 Å². The molecule has 0 saturated heterocycles. The standard InChI is InChI=1S/C17H18N2O2/c1-11-8-12-10-14(17(21)19(2)15(12)9-11)16(20)18-13-6-4-3-5-7-13/h3-7,10-11H,8-9H2,1-2H3,(H,18,20)/t11-/m1/s1. The van der Waals surface area contributed by atoms with E-state index < -0.39 is 0 Å². The number of amides is 1. The Morgan fingerprint density at radius 3 is 2.67 bits per heavy atom. The monoisotopic (exact) mass is 282 g/mol. The Balaban J connectivity index is 1.96. The van der Waals surface area contributed by atoms with E-state index in [1.54, 1.807) is 29.8 Å². The van der Waals surface area contributed by atoms with Crippen LogP contribution in [0.5, 0.6) is 0 Å². The van der Waals surface area contributed by atoms with Crippen LogP contribution in [-0.2, 0) is 19.9 Å². The summed E-state index contributed by atoms with van der Waals surface area (Å²) in [6, 6.07) is 10.9. The van der Waals surface area contributed by atoms with Crippen LogP contribution in [0.25, 0.3) is 0 Å². The van der Waals surface area contributed by atoms with Crippen molar-refractivity contribution in [3.8, 4) is 0 Å². The van der Waals surface area contributed by atoms with Gasteiger partial charge in [0.15, 0.2) is 0 Å². The van der Waals surface area contributed by atoms with Crippen LogP contribution in [0.3, 0.4) is 0 Å². The molecule has 4 nitrogen and oxygen atoms in total.